The van der Waals surface area contributed by atoms with Crippen LogP contribution in [0.3, 0.4) is 0 Å². The molecule has 0 aromatic rings. The van der Waals surface area contributed by atoms with E-state index in [1.165, 1.54) is 0 Å². The third kappa shape index (κ3) is 18.0. The highest BCUT2D eigenvalue weighted by Crippen LogP contribution is 2.10. The number of carbonyl (C=O) groups is 2. The first-order valence-electron chi connectivity index (χ1n) is 10.3. The highest BCUT2D eigenvalue weighted by molar-refractivity contribution is 5.69. The lowest BCUT2D eigenvalue weighted by molar-refractivity contribution is -0.177. The largest absolute Gasteiger partial charge is 0.436 e. The summed E-state index contributed by atoms with van der Waals surface area (Å²) in [5.41, 5.74) is 0. The van der Waals surface area contributed by atoms with Gasteiger partial charge in [-0.2, -0.15) is 0 Å². The Morgan fingerprint density at radius 3 is 1.26 bits per heavy atom. The van der Waals surface area contributed by atoms with Crippen LogP contribution in [-0.4, -0.2) is 37.7 Å². The second-order valence-electron chi connectivity index (χ2n) is 7.84. The summed E-state index contributed by atoms with van der Waals surface area (Å²) in [4.78, 5) is 23.4. The van der Waals surface area contributed by atoms with Crippen molar-refractivity contribution < 1.29 is 28.5 Å². The molecule has 0 fully saturated rings. The van der Waals surface area contributed by atoms with Gasteiger partial charge in [0, 0.05) is 12.8 Å². The Hall–Kier alpha value is -1.14. The van der Waals surface area contributed by atoms with E-state index < -0.39 is 12.6 Å². The summed E-state index contributed by atoms with van der Waals surface area (Å²) in [6.45, 7) is 12.9. The average Bonchev–Trinajstić information content (AvgIpc) is 2.57. The highest BCUT2D eigenvalue weighted by atomic mass is 16.7. The lowest BCUT2D eigenvalue weighted by Gasteiger charge is -2.15. The number of rotatable bonds is 16. The summed E-state index contributed by atoms with van der Waals surface area (Å²) >= 11 is 0. The van der Waals surface area contributed by atoms with Crippen LogP contribution >= 0.6 is 0 Å². The Labute approximate surface area is 165 Å². The summed E-state index contributed by atoms with van der Waals surface area (Å²) < 4.78 is 21.2. The van der Waals surface area contributed by atoms with Gasteiger partial charge in [-0.1, -0.05) is 47.0 Å². The fraction of sp³-hybridized carbons (Fsp3) is 0.905. The van der Waals surface area contributed by atoms with Crippen LogP contribution in [0.4, 0.5) is 0 Å². The first-order valence-corrected chi connectivity index (χ1v) is 10.3. The number of hydrogen-bond donors (Lipinski definition) is 0. The van der Waals surface area contributed by atoms with Crippen molar-refractivity contribution in [1.29, 1.82) is 0 Å². The average molecular weight is 389 g/mol. The van der Waals surface area contributed by atoms with Crippen LogP contribution in [0.15, 0.2) is 0 Å². The molecule has 2 atom stereocenters. The van der Waals surface area contributed by atoms with E-state index in [4.69, 9.17) is 18.9 Å². The molecule has 0 aliphatic carbocycles. The van der Waals surface area contributed by atoms with E-state index in [1.54, 1.807) is 13.8 Å². The van der Waals surface area contributed by atoms with Crippen molar-refractivity contribution in [3.8, 4) is 0 Å². The minimum Gasteiger partial charge on any atom is -0.436 e. The minimum atomic E-state index is -0.488. The van der Waals surface area contributed by atoms with Gasteiger partial charge >= 0.3 is 11.9 Å². The molecule has 0 bridgehead atoms. The molecule has 6 heteroatoms. The number of unbranched alkanes of at least 4 members (excludes halogenated alkanes) is 4. The van der Waals surface area contributed by atoms with Crippen LogP contribution in [0.25, 0.3) is 0 Å². The Kier molecular flexibility index (Phi) is 15.2. The van der Waals surface area contributed by atoms with E-state index in [2.05, 4.69) is 27.7 Å². The molecule has 0 spiro atoms. The molecule has 2 unspecified atom stereocenters. The molecule has 0 saturated heterocycles. The highest BCUT2D eigenvalue weighted by Gasteiger charge is 2.11. The summed E-state index contributed by atoms with van der Waals surface area (Å²) in [7, 11) is 0. The fourth-order valence-electron chi connectivity index (χ4n) is 2.28. The van der Waals surface area contributed by atoms with Gasteiger partial charge in [0.1, 0.15) is 0 Å². The Bertz CT molecular complexity index is 358. The molecule has 0 N–H and O–H groups in total. The van der Waals surface area contributed by atoms with E-state index in [0.29, 0.717) is 37.9 Å². The zero-order chi connectivity index (χ0) is 20.7. The molecule has 0 aromatic carbocycles. The van der Waals surface area contributed by atoms with Crippen molar-refractivity contribution >= 4 is 11.9 Å². The smallest absolute Gasteiger partial charge is 0.308 e. The van der Waals surface area contributed by atoms with Gasteiger partial charge in [0.25, 0.3) is 0 Å². The Morgan fingerprint density at radius 1 is 0.593 bits per heavy atom. The van der Waals surface area contributed by atoms with Crippen molar-refractivity contribution in [3.63, 3.8) is 0 Å². The van der Waals surface area contributed by atoms with E-state index >= 15 is 0 Å². The van der Waals surface area contributed by atoms with Gasteiger partial charge in [0.15, 0.2) is 12.6 Å². The van der Waals surface area contributed by atoms with Gasteiger partial charge in [-0.3, -0.25) is 9.59 Å². The van der Waals surface area contributed by atoms with Crippen LogP contribution in [0.2, 0.25) is 0 Å². The molecular formula is C21H40O6. The number of esters is 2. The molecule has 27 heavy (non-hydrogen) atoms. The molecule has 0 radical (unpaired) electrons. The van der Waals surface area contributed by atoms with Gasteiger partial charge < -0.3 is 18.9 Å². The van der Waals surface area contributed by atoms with Crippen molar-refractivity contribution in [2.75, 3.05) is 13.2 Å². The number of ether oxygens (including phenoxy) is 4. The molecule has 0 rings (SSSR count). The first-order chi connectivity index (χ1) is 12.7. The quantitative estimate of drug-likeness (QED) is 0.214. The van der Waals surface area contributed by atoms with Crippen LogP contribution in [-0.2, 0) is 28.5 Å². The topological polar surface area (TPSA) is 71.1 Å². The SMILES string of the molecule is CC(C)COC(C)OC(=O)CCCCCCCC(=O)OC(C)OCC(C)C. The van der Waals surface area contributed by atoms with E-state index in [1.807, 2.05) is 0 Å². The maximum Gasteiger partial charge on any atom is 0.308 e. The van der Waals surface area contributed by atoms with Crippen LogP contribution in [0, 0.1) is 11.8 Å². The Balaban J connectivity index is 3.55. The molecule has 0 aliphatic heterocycles. The van der Waals surface area contributed by atoms with Crippen LogP contribution in [0.1, 0.15) is 86.5 Å². The van der Waals surface area contributed by atoms with Gasteiger partial charge in [0.05, 0.1) is 13.2 Å². The summed E-state index contributed by atoms with van der Waals surface area (Å²) in [5, 5.41) is 0. The van der Waals surface area contributed by atoms with E-state index in [9.17, 15) is 9.59 Å². The maximum atomic E-state index is 11.7. The second-order valence-corrected chi connectivity index (χ2v) is 7.84. The third-order valence-corrected chi connectivity index (χ3v) is 3.69. The molecule has 0 heterocycles. The zero-order valence-electron chi connectivity index (χ0n) is 18.1. The fourth-order valence-corrected chi connectivity index (χ4v) is 2.28. The molecule has 160 valence electrons. The van der Waals surface area contributed by atoms with Crippen LogP contribution in [0.5, 0.6) is 0 Å². The molecule has 0 aliphatic rings. The van der Waals surface area contributed by atoms with Crippen molar-refractivity contribution in [2.24, 2.45) is 11.8 Å². The second kappa shape index (κ2) is 15.9. The number of hydrogen-bond acceptors (Lipinski definition) is 6. The normalized spacial score (nSPS) is 13.6. The number of carbonyl (C=O) groups excluding carboxylic acids is 2. The molecular weight excluding hydrogens is 348 g/mol. The van der Waals surface area contributed by atoms with Crippen LogP contribution < -0.4 is 0 Å². The van der Waals surface area contributed by atoms with E-state index in [0.717, 1.165) is 32.1 Å². The van der Waals surface area contributed by atoms with Gasteiger partial charge in [-0.15, -0.1) is 0 Å². The first kappa shape index (κ1) is 25.9. The standard InChI is InChI=1S/C21H40O6/c1-16(2)14-24-18(5)26-20(22)12-10-8-7-9-11-13-21(23)27-19(6)25-15-17(3)4/h16-19H,7-15H2,1-6H3. The monoisotopic (exact) mass is 388 g/mol. The zero-order valence-corrected chi connectivity index (χ0v) is 18.1. The van der Waals surface area contributed by atoms with Gasteiger partial charge in [-0.05, 0) is 38.5 Å². The maximum absolute atomic E-state index is 11.7. The molecule has 6 nitrogen and oxygen atoms in total. The third-order valence-electron chi connectivity index (χ3n) is 3.69. The molecule has 0 amide bonds. The summed E-state index contributed by atoms with van der Waals surface area (Å²) in [6, 6.07) is 0. The summed E-state index contributed by atoms with van der Waals surface area (Å²) in [5.74, 6) is 0.397. The van der Waals surface area contributed by atoms with Gasteiger partial charge in [-0.25, -0.2) is 0 Å². The minimum absolute atomic E-state index is 0.217. The molecule has 0 saturated carbocycles. The Morgan fingerprint density at radius 2 is 0.926 bits per heavy atom. The lowest BCUT2D eigenvalue weighted by atomic mass is 10.1. The van der Waals surface area contributed by atoms with Crippen molar-refractivity contribution in [3.05, 3.63) is 0 Å². The lowest BCUT2D eigenvalue weighted by Crippen LogP contribution is -2.20. The van der Waals surface area contributed by atoms with Crippen molar-refractivity contribution in [1.82, 2.24) is 0 Å². The van der Waals surface area contributed by atoms with Gasteiger partial charge in [0.2, 0.25) is 0 Å². The predicted molar refractivity (Wildman–Crippen MR) is 105 cm³/mol. The predicted octanol–water partition coefficient (Wildman–Crippen LogP) is 4.84. The molecule has 0 aromatic heterocycles. The van der Waals surface area contributed by atoms with E-state index in [-0.39, 0.29) is 11.9 Å². The summed E-state index contributed by atoms with van der Waals surface area (Å²) in [6.07, 6.45) is 4.29. The van der Waals surface area contributed by atoms with Crippen molar-refractivity contribution in [2.45, 2.75) is 99.1 Å².